The van der Waals surface area contributed by atoms with Crippen LogP contribution in [0, 0.1) is 13.8 Å². The van der Waals surface area contributed by atoms with E-state index in [9.17, 15) is 8.42 Å². The van der Waals surface area contributed by atoms with Crippen molar-refractivity contribution < 1.29 is 8.42 Å². The molecule has 1 saturated heterocycles. The minimum atomic E-state index is -3.17. The third-order valence-electron chi connectivity index (χ3n) is 2.93. The van der Waals surface area contributed by atoms with Crippen molar-refractivity contribution in [1.29, 1.82) is 0 Å². The van der Waals surface area contributed by atoms with Crippen LogP contribution in [0.15, 0.2) is 6.07 Å². The van der Waals surface area contributed by atoms with Crippen molar-refractivity contribution >= 4 is 10.0 Å². The van der Waals surface area contributed by atoms with E-state index in [1.807, 2.05) is 19.9 Å². The van der Waals surface area contributed by atoms with Crippen LogP contribution in [-0.4, -0.2) is 35.5 Å². The fourth-order valence-corrected chi connectivity index (χ4v) is 3.42. The van der Waals surface area contributed by atoms with Crippen LogP contribution in [0.1, 0.15) is 36.1 Å². The van der Waals surface area contributed by atoms with Gasteiger partial charge in [-0.2, -0.15) is 4.31 Å². The van der Waals surface area contributed by atoms with Gasteiger partial charge in [0.15, 0.2) is 0 Å². The van der Waals surface area contributed by atoms with Gasteiger partial charge in [-0.1, -0.05) is 0 Å². The summed E-state index contributed by atoms with van der Waals surface area (Å²) in [5, 5.41) is 0. The zero-order valence-electron chi connectivity index (χ0n) is 10.3. The van der Waals surface area contributed by atoms with Crippen LogP contribution in [0.2, 0.25) is 0 Å². The van der Waals surface area contributed by atoms with E-state index in [4.69, 9.17) is 0 Å². The van der Waals surface area contributed by atoms with Gasteiger partial charge < -0.3 is 0 Å². The summed E-state index contributed by atoms with van der Waals surface area (Å²) in [6, 6.07) is 1.70. The van der Waals surface area contributed by atoms with Crippen LogP contribution >= 0.6 is 0 Å². The maximum Gasteiger partial charge on any atom is 0.211 e. The summed E-state index contributed by atoms with van der Waals surface area (Å²) in [6.07, 6.45) is 2.91. The largest absolute Gasteiger partial charge is 0.236 e. The first-order valence-electron chi connectivity index (χ1n) is 5.67. The van der Waals surface area contributed by atoms with E-state index in [0.717, 1.165) is 24.2 Å². The second-order valence-corrected chi connectivity index (χ2v) is 6.48. The molecule has 0 saturated carbocycles. The third kappa shape index (κ3) is 2.63. The van der Waals surface area contributed by atoms with Crippen molar-refractivity contribution in [3.63, 3.8) is 0 Å². The summed E-state index contributed by atoms with van der Waals surface area (Å²) in [6.45, 7) is 4.37. The molecule has 5 nitrogen and oxygen atoms in total. The van der Waals surface area contributed by atoms with Gasteiger partial charge in [-0.05, 0) is 32.8 Å². The molecule has 1 aromatic heterocycles. The van der Waals surface area contributed by atoms with Crippen molar-refractivity contribution in [1.82, 2.24) is 14.3 Å². The number of hydrogen-bond donors (Lipinski definition) is 0. The zero-order chi connectivity index (χ0) is 12.6. The number of rotatable bonds is 2. The first kappa shape index (κ1) is 12.4. The average Bonchev–Trinajstić information content (AvgIpc) is 2.63. The molecule has 17 heavy (non-hydrogen) atoms. The molecule has 94 valence electrons. The molecule has 2 rings (SSSR count). The molecule has 0 N–H and O–H groups in total. The summed E-state index contributed by atoms with van der Waals surface area (Å²) in [7, 11) is -3.17. The van der Waals surface area contributed by atoms with E-state index in [1.165, 1.54) is 10.6 Å². The van der Waals surface area contributed by atoms with Gasteiger partial charge in [0.05, 0.1) is 12.3 Å². The van der Waals surface area contributed by atoms with Gasteiger partial charge in [-0.3, -0.25) is 0 Å². The normalized spacial score (nSPS) is 21.9. The van der Waals surface area contributed by atoms with Crippen LogP contribution in [0.25, 0.3) is 0 Å². The van der Waals surface area contributed by atoms with Crippen LogP contribution in [0.5, 0.6) is 0 Å². The van der Waals surface area contributed by atoms with E-state index >= 15 is 0 Å². The predicted octanol–water partition coefficient (Wildman–Crippen LogP) is 1.19. The molecule has 0 aliphatic carbocycles. The Morgan fingerprint density at radius 2 is 1.88 bits per heavy atom. The molecular formula is C11H17N3O2S. The third-order valence-corrected chi connectivity index (χ3v) is 4.22. The SMILES string of the molecule is Cc1cc(C)nc([C@H]2CCCN2S(C)(=O)=O)n1. The summed E-state index contributed by atoms with van der Waals surface area (Å²) in [5.74, 6) is 0.630. The van der Waals surface area contributed by atoms with Crippen LogP contribution in [0.4, 0.5) is 0 Å². The van der Waals surface area contributed by atoms with E-state index < -0.39 is 10.0 Å². The maximum absolute atomic E-state index is 11.7. The monoisotopic (exact) mass is 255 g/mol. The summed E-state index contributed by atoms with van der Waals surface area (Å²) in [4.78, 5) is 8.73. The molecular weight excluding hydrogens is 238 g/mol. The molecule has 1 aromatic rings. The first-order valence-corrected chi connectivity index (χ1v) is 7.52. The minimum absolute atomic E-state index is 0.191. The van der Waals surface area contributed by atoms with E-state index in [1.54, 1.807) is 0 Å². The lowest BCUT2D eigenvalue weighted by atomic mass is 10.2. The molecule has 1 aliphatic rings. The van der Waals surface area contributed by atoms with Gasteiger partial charge in [0.1, 0.15) is 5.82 Å². The lowest BCUT2D eigenvalue weighted by Crippen LogP contribution is -2.30. The summed E-state index contributed by atoms with van der Waals surface area (Å²) < 4.78 is 24.8. The standard InChI is InChI=1S/C11H17N3O2S/c1-8-7-9(2)13-11(12-8)10-5-4-6-14(10)17(3,15)16/h7,10H,4-6H2,1-3H3/t10-/m1/s1. The number of sulfonamides is 1. The van der Waals surface area contributed by atoms with E-state index in [-0.39, 0.29) is 6.04 Å². The van der Waals surface area contributed by atoms with Gasteiger partial charge in [0.25, 0.3) is 0 Å². The Kier molecular flexibility index (Phi) is 3.18. The molecule has 0 aromatic carbocycles. The fourth-order valence-electron chi connectivity index (χ4n) is 2.30. The van der Waals surface area contributed by atoms with Crippen LogP contribution < -0.4 is 0 Å². The Labute approximate surface area is 102 Å². The molecule has 0 bridgehead atoms. The van der Waals surface area contributed by atoms with Crippen LogP contribution in [0.3, 0.4) is 0 Å². The minimum Gasteiger partial charge on any atom is -0.236 e. The summed E-state index contributed by atoms with van der Waals surface area (Å²) in [5.41, 5.74) is 1.76. The Bertz CT molecular complexity index is 507. The molecule has 1 fully saturated rings. The molecule has 0 radical (unpaired) electrons. The van der Waals surface area contributed by atoms with E-state index in [0.29, 0.717) is 12.4 Å². The molecule has 1 atom stereocenters. The Balaban J connectivity index is 2.39. The first-order chi connectivity index (χ1) is 7.88. The second kappa shape index (κ2) is 4.34. The van der Waals surface area contributed by atoms with Crippen LogP contribution in [-0.2, 0) is 10.0 Å². The molecule has 0 spiro atoms. The second-order valence-electron chi connectivity index (χ2n) is 4.54. The molecule has 0 amide bonds. The smallest absolute Gasteiger partial charge is 0.211 e. The van der Waals surface area contributed by atoms with Crippen molar-refractivity contribution in [3.05, 3.63) is 23.3 Å². The lowest BCUT2D eigenvalue weighted by Gasteiger charge is -2.21. The molecule has 6 heteroatoms. The average molecular weight is 255 g/mol. The Morgan fingerprint density at radius 3 is 2.41 bits per heavy atom. The predicted molar refractivity (Wildman–Crippen MR) is 65.0 cm³/mol. The van der Waals surface area contributed by atoms with Gasteiger partial charge in [0.2, 0.25) is 10.0 Å². The van der Waals surface area contributed by atoms with Crippen molar-refractivity contribution in [2.45, 2.75) is 32.7 Å². The Hall–Kier alpha value is -1.01. The van der Waals surface area contributed by atoms with Crippen molar-refractivity contribution in [2.75, 3.05) is 12.8 Å². The van der Waals surface area contributed by atoms with Crippen molar-refractivity contribution in [3.8, 4) is 0 Å². The molecule has 0 unspecified atom stereocenters. The molecule has 1 aliphatic heterocycles. The Morgan fingerprint density at radius 1 is 1.29 bits per heavy atom. The number of nitrogens with zero attached hydrogens (tertiary/aromatic N) is 3. The topological polar surface area (TPSA) is 63.2 Å². The van der Waals surface area contributed by atoms with Gasteiger partial charge >= 0.3 is 0 Å². The fraction of sp³-hybridized carbons (Fsp3) is 0.636. The summed E-state index contributed by atoms with van der Waals surface area (Å²) >= 11 is 0. The van der Waals surface area contributed by atoms with Gasteiger partial charge in [-0.15, -0.1) is 0 Å². The number of hydrogen-bond acceptors (Lipinski definition) is 4. The number of aryl methyl sites for hydroxylation is 2. The maximum atomic E-state index is 11.7. The highest BCUT2D eigenvalue weighted by Gasteiger charge is 2.34. The number of aromatic nitrogens is 2. The van der Waals surface area contributed by atoms with Crippen molar-refractivity contribution in [2.24, 2.45) is 0 Å². The van der Waals surface area contributed by atoms with E-state index in [2.05, 4.69) is 9.97 Å². The molecule has 2 heterocycles. The zero-order valence-corrected chi connectivity index (χ0v) is 11.2. The quantitative estimate of drug-likeness (QED) is 0.796. The van der Waals surface area contributed by atoms with Gasteiger partial charge in [-0.25, -0.2) is 18.4 Å². The highest BCUT2D eigenvalue weighted by Crippen LogP contribution is 2.31. The van der Waals surface area contributed by atoms with Gasteiger partial charge in [0, 0.05) is 17.9 Å². The lowest BCUT2D eigenvalue weighted by molar-refractivity contribution is 0.385. The highest BCUT2D eigenvalue weighted by molar-refractivity contribution is 7.88. The highest BCUT2D eigenvalue weighted by atomic mass is 32.2.